The minimum absolute atomic E-state index is 0.0479. The van der Waals surface area contributed by atoms with Gasteiger partial charge in [0.15, 0.2) is 0 Å². The Balaban J connectivity index is 1.71. The van der Waals surface area contributed by atoms with Crippen LogP contribution < -0.4 is 25.8 Å². The summed E-state index contributed by atoms with van der Waals surface area (Å²) in [4.78, 5) is 36.8. The molecule has 8 nitrogen and oxygen atoms in total. The normalized spacial score (nSPS) is 15.2. The molecule has 0 unspecified atom stereocenters. The number of primary amides is 1. The van der Waals surface area contributed by atoms with E-state index in [1.165, 1.54) is 0 Å². The van der Waals surface area contributed by atoms with Gasteiger partial charge in [-0.3, -0.25) is 14.4 Å². The summed E-state index contributed by atoms with van der Waals surface area (Å²) >= 11 is 5.87. The molecule has 1 aliphatic heterocycles. The summed E-state index contributed by atoms with van der Waals surface area (Å²) in [6, 6.07) is 9.15. The maximum absolute atomic E-state index is 12.9. The Kier molecular flexibility index (Phi) is 8.16. The van der Waals surface area contributed by atoms with Gasteiger partial charge >= 0.3 is 0 Å². The van der Waals surface area contributed by atoms with E-state index in [4.69, 9.17) is 26.8 Å². The molecule has 33 heavy (non-hydrogen) atoms. The molecule has 0 bridgehead atoms. The van der Waals surface area contributed by atoms with Gasteiger partial charge < -0.3 is 25.8 Å². The zero-order valence-corrected chi connectivity index (χ0v) is 19.4. The lowest BCUT2D eigenvalue weighted by molar-refractivity contribution is -0.123. The molecular weight excluding hydrogens is 446 g/mol. The monoisotopic (exact) mass is 473 g/mol. The minimum atomic E-state index is -0.943. The van der Waals surface area contributed by atoms with Gasteiger partial charge in [0, 0.05) is 41.1 Å². The fourth-order valence-corrected chi connectivity index (χ4v) is 3.74. The van der Waals surface area contributed by atoms with Gasteiger partial charge in [-0.2, -0.15) is 0 Å². The van der Waals surface area contributed by atoms with Crippen molar-refractivity contribution < 1.29 is 23.9 Å². The molecule has 2 aromatic rings. The first kappa shape index (κ1) is 24.4. The van der Waals surface area contributed by atoms with Crippen molar-refractivity contribution in [1.82, 2.24) is 10.6 Å². The number of carbonyl (C=O) groups excluding carboxylic acids is 3. The highest BCUT2D eigenvalue weighted by Crippen LogP contribution is 2.35. The van der Waals surface area contributed by atoms with Gasteiger partial charge in [0.2, 0.25) is 11.8 Å². The molecule has 2 atom stereocenters. The van der Waals surface area contributed by atoms with Crippen LogP contribution in [0.4, 0.5) is 0 Å². The van der Waals surface area contributed by atoms with Crippen LogP contribution in [0.25, 0.3) is 0 Å². The van der Waals surface area contributed by atoms with Gasteiger partial charge in [-0.25, -0.2) is 0 Å². The SMILES string of the molecule is CCOc1cc2c(cc1CNC(=O)[C@H](CCC(N)=O)NC(=O)c1ccc(Cl)cc1)O[C@@H](C)C2. The van der Waals surface area contributed by atoms with Crippen molar-refractivity contribution in [3.63, 3.8) is 0 Å². The van der Waals surface area contributed by atoms with E-state index in [9.17, 15) is 14.4 Å². The Morgan fingerprint density at radius 2 is 1.97 bits per heavy atom. The molecule has 9 heteroatoms. The van der Waals surface area contributed by atoms with E-state index in [1.807, 2.05) is 26.0 Å². The molecule has 0 spiro atoms. The largest absolute Gasteiger partial charge is 0.494 e. The number of hydrogen-bond acceptors (Lipinski definition) is 5. The average Bonchev–Trinajstić information content (AvgIpc) is 3.13. The predicted octanol–water partition coefficient (Wildman–Crippen LogP) is 2.74. The lowest BCUT2D eigenvalue weighted by Gasteiger charge is -2.19. The van der Waals surface area contributed by atoms with Crippen molar-refractivity contribution in [2.75, 3.05) is 6.61 Å². The van der Waals surface area contributed by atoms with Crippen molar-refractivity contribution in [2.45, 2.75) is 51.8 Å². The van der Waals surface area contributed by atoms with Gasteiger partial charge in [0.25, 0.3) is 5.91 Å². The molecule has 3 rings (SSSR count). The molecule has 0 aliphatic carbocycles. The third kappa shape index (κ3) is 6.61. The second-order valence-electron chi connectivity index (χ2n) is 7.89. The number of halogens is 1. The molecule has 1 heterocycles. The van der Waals surface area contributed by atoms with Gasteiger partial charge in [-0.05, 0) is 56.7 Å². The summed E-state index contributed by atoms with van der Waals surface area (Å²) in [7, 11) is 0. The molecule has 0 radical (unpaired) electrons. The molecule has 0 saturated carbocycles. The summed E-state index contributed by atoms with van der Waals surface area (Å²) in [5, 5.41) is 5.99. The topological polar surface area (TPSA) is 120 Å². The first-order chi connectivity index (χ1) is 15.8. The molecular formula is C24H28ClN3O5. The van der Waals surface area contributed by atoms with Crippen LogP contribution >= 0.6 is 11.6 Å². The minimum Gasteiger partial charge on any atom is -0.494 e. The van der Waals surface area contributed by atoms with Crippen molar-refractivity contribution in [2.24, 2.45) is 5.73 Å². The van der Waals surface area contributed by atoms with E-state index in [1.54, 1.807) is 24.3 Å². The summed E-state index contributed by atoms with van der Waals surface area (Å²) in [6.07, 6.45) is 0.909. The van der Waals surface area contributed by atoms with Crippen LogP contribution in [0.2, 0.25) is 5.02 Å². The third-order valence-corrected chi connectivity index (χ3v) is 5.49. The van der Waals surface area contributed by atoms with Gasteiger partial charge in [-0.15, -0.1) is 0 Å². The van der Waals surface area contributed by atoms with Crippen molar-refractivity contribution in [1.29, 1.82) is 0 Å². The molecule has 0 saturated heterocycles. The number of hydrogen-bond donors (Lipinski definition) is 3. The number of ether oxygens (including phenoxy) is 2. The Morgan fingerprint density at radius 1 is 1.24 bits per heavy atom. The number of fused-ring (bicyclic) bond motifs is 1. The first-order valence-electron chi connectivity index (χ1n) is 10.8. The molecule has 4 N–H and O–H groups in total. The number of benzene rings is 2. The van der Waals surface area contributed by atoms with Crippen LogP contribution in [0.1, 0.15) is 48.2 Å². The van der Waals surface area contributed by atoms with Gasteiger partial charge in [-0.1, -0.05) is 11.6 Å². The number of nitrogens with two attached hydrogens (primary N) is 1. The van der Waals surface area contributed by atoms with Crippen molar-refractivity contribution >= 4 is 29.3 Å². The van der Waals surface area contributed by atoms with Crippen LogP contribution in [0.15, 0.2) is 36.4 Å². The molecule has 1 aliphatic rings. The maximum atomic E-state index is 12.9. The van der Waals surface area contributed by atoms with E-state index in [-0.39, 0.29) is 25.5 Å². The van der Waals surface area contributed by atoms with Crippen LogP contribution in [0.3, 0.4) is 0 Å². The molecule has 0 aromatic heterocycles. The number of carbonyl (C=O) groups is 3. The Labute approximate surface area is 197 Å². The fraction of sp³-hybridized carbons (Fsp3) is 0.375. The van der Waals surface area contributed by atoms with Crippen LogP contribution in [0, 0.1) is 0 Å². The van der Waals surface area contributed by atoms with E-state index in [0.29, 0.717) is 22.9 Å². The number of rotatable bonds is 10. The lowest BCUT2D eigenvalue weighted by Crippen LogP contribution is -2.47. The van der Waals surface area contributed by atoms with Crippen LogP contribution in [-0.2, 0) is 22.6 Å². The fourth-order valence-electron chi connectivity index (χ4n) is 3.61. The van der Waals surface area contributed by atoms with E-state index < -0.39 is 23.8 Å². The van der Waals surface area contributed by atoms with Crippen LogP contribution in [-0.4, -0.2) is 36.5 Å². The molecule has 0 fully saturated rings. The first-order valence-corrected chi connectivity index (χ1v) is 11.2. The van der Waals surface area contributed by atoms with Crippen molar-refractivity contribution in [3.8, 4) is 11.5 Å². The third-order valence-electron chi connectivity index (χ3n) is 5.24. The average molecular weight is 474 g/mol. The second-order valence-corrected chi connectivity index (χ2v) is 8.33. The Hall–Kier alpha value is -3.26. The number of nitrogens with one attached hydrogen (secondary N) is 2. The van der Waals surface area contributed by atoms with E-state index in [2.05, 4.69) is 10.6 Å². The maximum Gasteiger partial charge on any atom is 0.251 e. The van der Waals surface area contributed by atoms with E-state index >= 15 is 0 Å². The highest BCUT2D eigenvalue weighted by Gasteiger charge is 2.24. The van der Waals surface area contributed by atoms with Gasteiger partial charge in [0.1, 0.15) is 23.6 Å². The highest BCUT2D eigenvalue weighted by atomic mass is 35.5. The quantitative estimate of drug-likeness (QED) is 0.490. The summed E-state index contributed by atoms with van der Waals surface area (Å²) in [5.41, 5.74) is 7.42. The summed E-state index contributed by atoms with van der Waals surface area (Å²) in [6.45, 7) is 4.53. The highest BCUT2D eigenvalue weighted by molar-refractivity contribution is 6.30. The standard InChI is InChI=1S/C24H28ClN3O5/c1-3-32-20-11-16-10-14(2)33-21(16)12-17(20)13-27-24(31)19(8-9-22(26)29)28-23(30)15-4-6-18(25)7-5-15/h4-7,11-12,14,19H,3,8-10,13H2,1-2H3,(H2,26,29)(H,27,31)(H,28,30)/t14-,19-/m0/s1. The molecule has 3 amide bonds. The zero-order chi connectivity index (χ0) is 24.0. The smallest absolute Gasteiger partial charge is 0.251 e. The Bertz CT molecular complexity index is 1030. The summed E-state index contributed by atoms with van der Waals surface area (Å²) < 4.78 is 11.6. The second kappa shape index (κ2) is 11.0. The molecule has 2 aromatic carbocycles. The summed E-state index contributed by atoms with van der Waals surface area (Å²) in [5.74, 6) is 0.00345. The molecule has 176 valence electrons. The van der Waals surface area contributed by atoms with E-state index in [0.717, 1.165) is 23.3 Å². The van der Waals surface area contributed by atoms with Crippen molar-refractivity contribution in [3.05, 3.63) is 58.1 Å². The van der Waals surface area contributed by atoms with Gasteiger partial charge in [0.05, 0.1) is 6.61 Å². The van der Waals surface area contributed by atoms with Crippen LogP contribution in [0.5, 0.6) is 11.5 Å². The predicted molar refractivity (Wildman–Crippen MR) is 124 cm³/mol. The number of amides is 3. The Morgan fingerprint density at radius 3 is 2.64 bits per heavy atom. The lowest BCUT2D eigenvalue weighted by atomic mass is 10.1. The zero-order valence-electron chi connectivity index (χ0n) is 18.7.